The lowest BCUT2D eigenvalue weighted by Crippen LogP contribution is -2.24. The van der Waals surface area contributed by atoms with Gasteiger partial charge in [-0.2, -0.15) is 0 Å². The number of halogens is 1. The second kappa shape index (κ2) is 8.76. The third-order valence-electron chi connectivity index (χ3n) is 4.18. The summed E-state index contributed by atoms with van der Waals surface area (Å²) in [6.07, 6.45) is 3.95. The van der Waals surface area contributed by atoms with Crippen LogP contribution in [0, 0.1) is 5.92 Å². The molecule has 118 valence electrons. The predicted octanol–water partition coefficient (Wildman–Crippen LogP) is 3.81. The summed E-state index contributed by atoms with van der Waals surface area (Å²) >= 11 is 3.75. The van der Waals surface area contributed by atoms with Crippen molar-refractivity contribution in [2.24, 2.45) is 5.92 Å². The van der Waals surface area contributed by atoms with Gasteiger partial charge in [-0.1, -0.05) is 13.0 Å². The number of benzene rings is 1. The van der Waals surface area contributed by atoms with Crippen molar-refractivity contribution in [3.63, 3.8) is 0 Å². The fourth-order valence-electron chi connectivity index (χ4n) is 2.83. The van der Waals surface area contributed by atoms with Gasteiger partial charge in [-0.05, 0) is 58.8 Å². The van der Waals surface area contributed by atoms with E-state index in [1.54, 1.807) is 7.11 Å². The van der Waals surface area contributed by atoms with Crippen LogP contribution < -0.4 is 10.2 Å². The number of nitrogens with zero attached hydrogens (tertiary/aromatic N) is 1. The molecule has 0 radical (unpaired) electrons. The smallest absolute Gasteiger partial charge is 0.0587 e. The fraction of sp³-hybridized carbons (Fsp3) is 0.647. The Balaban J connectivity index is 1.95. The maximum atomic E-state index is 5.04. The van der Waals surface area contributed by atoms with E-state index < -0.39 is 0 Å². The van der Waals surface area contributed by atoms with Crippen LogP contribution in [0.25, 0.3) is 0 Å². The quantitative estimate of drug-likeness (QED) is 0.786. The number of anilines is 1. The third-order valence-corrected chi connectivity index (χ3v) is 4.82. The van der Waals surface area contributed by atoms with Crippen LogP contribution >= 0.6 is 15.9 Å². The number of ether oxygens (including phenoxy) is 1. The Bertz CT molecular complexity index is 439. The van der Waals surface area contributed by atoms with Crippen molar-refractivity contribution in [1.82, 2.24) is 5.32 Å². The molecule has 0 spiro atoms. The van der Waals surface area contributed by atoms with Gasteiger partial charge >= 0.3 is 0 Å². The Morgan fingerprint density at radius 1 is 1.33 bits per heavy atom. The van der Waals surface area contributed by atoms with E-state index in [1.807, 2.05) is 0 Å². The Morgan fingerprint density at radius 2 is 2.19 bits per heavy atom. The van der Waals surface area contributed by atoms with Crippen LogP contribution in [0.4, 0.5) is 5.69 Å². The van der Waals surface area contributed by atoms with Crippen LogP contribution in [0.2, 0.25) is 0 Å². The Hall–Kier alpha value is -0.580. The minimum absolute atomic E-state index is 0.755. The molecule has 1 heterocycles. The monoisotopic (exact) mass is 354 g/mol. The van der Waals surface area contributed by atoms with E-state index in [9.17, 15) is 0 Å². The molecule has 1 aliphatic heterocycles. The highest BCUT2D eigenvalue weighted by Crippen LogP contribution is 2.30. The highest BCUT2D eigenvalue weighted by molar-refractivity contribution is 9.10. The summed E-state index contributed by atoms with van der Waals surface area (Å²) in [5, 5.41) is 3.39. The van der Waals surface area contributed by atoms with Gasteiger partial charge in [0.05, 0.1) is 12.3 Å². The maximum Gasteiger partial charge on any atom is 0.0587 e. The highest BCUT2D eigenvalue weighted by Gasteiger charge is 2.16. The Morgan fingerprint density at radius 3 is 2.95 bits per heavy atom. The average molecular weight is 355 g/mol. The molecule has 1 saturated heterocycles. The van der Waals surface area contributed by atoms with E-state index in [4.69, 9.17) is 4.74 Å². The van der Waals surface area contributed by atoms with Crippen LogP contribution in [0.1, 0.15) is 31.7 Å². The van der Waals surface area contributed by atoms with Crippen LogP contribution in [-0.4, -0.2) is 33.4 Å². The van der Waals surface area contributed by atoms with Crippen molar-refractivity contribution >= 4 is 21.6 Å². The van der Waals surface area contributed by atoms with Gasteiger partial charge in [-0.25, -0.2) is 0 Å². The van der Waals surface area contributed by atoms with Crippen LogP contribution in [-0.2, 0) is 11.3 Å². The summed E-state index contributed by atoms with van der Waals surface area (Å²) in [6, 6.07) is 6.73. The topological polar surface area (TPSA) is 24.5 Å². The zero-order chi connectivity index (χ0) is 15.1. The lowest BCUT2D eigenvalue weighted by atomic mass is 10.0. The third kappa shape index (κ3) is 5.28. The van der Waals surface area contributed by atoms with Crippen molar-refractivity contribution in [1.29, 1.82) is 0 Å². The second-order valence-electron chi connectivity index (χ2n) is 5.98. The van der Waals surface area contributed by atoms with Crippen molar-refractivity contribution < 1.29 is 4.74 Å². The Kier molecular flexibility index (Phi) is 7.00. The molecule has 0 bridgehead atoms. The SMILES string of the molecule is COCCNCc1ccc(N2CCCC(C)CC2)c(Br)c1. The lowest BCUT2D eigenvalue weighted by Gasteiger charge is -2.24. The molecule has 1 atom stereocenters. The first-order valence-corrected chi connectivity index (χ1v) is 8.73. The first-order chi connectivity index (χ1) is 10.2. The summed E-state index contributed by atoms with van der Waals surface area (Å²) < 4.78 is 6.26. The zero-order valence-electron chi connectivity index (χ0n) is 13.2. The van der Waals surface area contributed by atoms with Crippen molar-refractivity contribution in [2.45, 2.75) is 32.7 Å². The first-order valence-electron chi connectivity index (χ1n) is 7.93. The largest absolute Gasteiger partial charge is 0.383 e. The number of hydrogen-bond donors (Lipinski definition) is 1. The molecule has 1 aliphatic rings. The molecular weight excluding hydrogens is 328 g/mol. The van der Waals surface area contributed by atoms with Crippen LogP contribution in [0.5, 0.6) is 0 Å². The molecule has 1 aromatic rings. The fourth-order valence-corrected chi connectivity index (χ4v) is 3.50. The molecule has 1 fully saturated rings. The standard InChI is InChI=1S/C17H27BrN2O/c1-14-4-3-9-20(10-7-14)17-6-5-15(12-16(17)18)13-19-8-11-21-2/h5-6,12,14,19H,3-4,7-11,13H2,1-2H3. The highest BCUT2D eigenvalue weighted by atomic mass is 79.9. The normalized spacial score (nSPS) is 19.6. The number of rotatable bonds is 6. The van der Waals surface area contributed by atoms with Crippen LogP contribution in [0.15, 0.2) is 22.7 Å². The number of methoxy groups -OCH3 is 1. The van der Waals surface area contributed by atoms with Crippen LogP contribution in [0.3, 0.4) is 0 Å². The van der Waals surface area contributed by atoms with Gasteiger partial charge in [0.2, 0.25) is 0 Å². The summed E-state index contributed by atoms with van der Waals surface area (Å²) in [7, 11) is 1.73. The maximum absolute atomic E-state index is 5.04. The molecular formula is C17H27BrN2O. The molecule has 1 aromatic carbocycles. The van der Waals surface area contributed by atoms with E-state index in [1.165, 1.54) is 48.1 Å². The van der Waals surface area contributed by atoms with Gasteiger partial charge < -0.3 is 15.0 Å². The van der Waals surface area contributed by atoms with E-state index in [0.29, 0.717) is 0 Å². The van der Waals surface area contributed by atoms with Crippen molar-refractivity contribution in [3.8, 4) is 0 Å². The summed E-state index contributed by atoms with van der Waals surface area (Å²) in [5.41, 5.74) is 2.65. The van der Waals surface area contributed by atoms with Gasteiger partial charge in [0, 0.05) is 37.8 Å². The van der Waals surface area contributed by atoms with E-state index in [-0.39, 0.29) is 0 Å². The van der Waals surface area contributed by atoms with E-state index in [2.05, 4.69) is 51.3 Å². The molecule has 3 nitrogen and oxygen atoms in total. The summed E-state index contributed by atoms with van der Waals surface area (Å²) in [6.45, 7) is 7.25. The molecule has 2 rings (SSSR count). The minimum Gasteiger partial charge on any atom is -0.383 e. The molecule has 0 aliphatic carbocycles. The molecule has 1 unspecified atom stereocenters. The van der Waals surface area contributed by atoms with Gasteiger partial charge in [-0.15, -0.1) is 0 Å². The number of nitrogens with one attached hydrogen (secondary N) is 1. The van der Waals surface area contributed by atoms with Gasteiger partial charge in [-0.3, -0.25) is 0 Å². The average Bonchev–Trinajstić information content (AvgIpc) is 2.69. The van der Waals surface area contributed by atoms with E-state index in [0.717, 1.165) is 25.6 Å². The van der Waals surface area contributed by atoms with Crippen molar-refractivity contribution in [3.05, 3.63) is 28.2 Å². The molecule has 21 heavy (non-hydrogen) atoms. The predicted molar refractivity (Wildman–Crippen MR) is 93.0 cm³/mol. The molecule has 1 N–H and O–H groups in total. The summed E-state index contributed by atoms with van der Waals surface area (Å²) in [4.78, 5) is 2.52. The zero-order valence-corrected chi connectivity index (χ0v) is 14.8. The second-order valence-corrected chi connectivity index (χ2v) is 6.83. The molecule has 0 saturated carbocycles. The molecule has 0 amide bonds. The van der Waals surface area contributed by atoms with Gasteiger partial charge in [0.25, 0.3) is 0 Å². The lowest BCUT2D eigenvalue weighted by molar-refractivity contribution is 0.199. The molecule has 4 heteroatoms. The summed E-state index contributed by atoms with van der Waals surface area (Å²) in [5.74, 6) is 0.859. The Labute approximate surface area is 137 Å². The van der Waals surface area contributed by atoms with Gasteiger partial charge in [0.15, 0.2) is 0 Å². The van der Waals surface area contributed by atoms with E-state index >= 15 is 0 Å². The van der Waals surface area contributed by atoms with Gasteiger partial charge in [0.1, 0.15) is 0 Å². The first kappa shape index (κ1) is 16.8. The molecule has 0 aromatic heterocycles. The number of hydrogen-bond acceptors (Lipinski definition) is 3. The minimum atomic E-state index is 0.755. The van der Waals surface area contributed by atoms with Crippen molar-refractivity contribution in [2.75, 3.05) is 38.3 Å².